The fraction of sp³-hybridized carbons (Fsp3) is 0.182. The fourth-order valence-electron chi connectivity index (χ4n) is 3.19. The Morgan fingerprint density at radius 1 is 1.04 bits per heavy atom. The lowest BCUT2D eigenvalue weighted by Gasteiger charge is -2.16. The highest BCUT2D eigenvalue weighted by Gasteiger charge is 2.11. The molecule has 1 atom stereocenters. The van der Waals surface area contributed by atoms with Crippen molar-refractivity contribution in [1.29, 1.82) is 0 Å². The zero-order valence-corrected chi connectivity index (χ0v) is 17.0. The number of nitrogens with zero attached hydrogens (tertiary/aromatic N) is 2. The highest BCUT2D eigenvalue weighted by atomic mass is 79.9. The number of hydrogen-bond donors (Lipinski definition) is 1. The Hall–Kier alpha value is -2.66. The maximum atomic E-state index is 5.55. The minimum Gasteiger partial charge on any atom is -0.464 e. The Balaban J connectivity index is 1.67. The molecule has 0 fully saturated rings. The number of benzene rings is 2. The average Bonchev–Trinajstić information content (AvgIpc) is 3.02. The van der Waals surface area contributed by atoms with E-state index in [0.717, 1.165) is 43.9 Å². The lowest BCUT2D eigenvalue weighted by molar-refractivity contribution is 0.613. The monoisotopic (exact) mass is 421 g/mol. The van der Waals surface area contributed by atoms with E-state index in [9.17, 15) is 0 Å². The van der Waals surface area contributed by atoms with Gasteiger partial charge in [-0.15, -0.1) is 0 Å². The highest BCUT2D eigenvalue weighted by Crippen LogP contribution is 2.28. The smallest absolute Gasteiger partial charge is 0.134 e. The second-order valence-electron chi connectivity index (χ2n) is 6.74. The van der Waals surface area contributed by atoms with Gasteiger partial charge in [-0.2, -0.15) is 0 Å². The molecule has 2 aromatic heterocycles. The van der Waals surface area contributed by atoms with Crippen molar-refractivity contribution in [3.8, 4) is 11.3 Å². The molecule has 0 aliphatic carbocycles. The first kappa shape index (κ1) is 17.7. The van der Waals surface area contributed by atoms with Gasteiger partial charge < -0.3 is 9.73 Å². The molecule has 2 aromatic carbocycles. The van der Waals surface area contributed by atoms with E-state index in [1.807, 2.05) is 44.2 Å². The summed E-state index contributed by atoms with van der Waals surface area (Å²) in [5.74, 6) is 1.55. The Morgan fingerprint density at radius 3 is 2.70 bits per heavy atom. The van der Waals surface area contributed by atoms with Gasteiger partial charge >= 0.3 is 0 Å². The maximum Gasteiger partial charge on any atom is 0.134 e. The van der Waals surface area contributed by atoms with Crippen LogP contribution < -0.4 is 5.32 Å². The van der Waals surface area contributed by atoms with Gasteiger partial charge in [-0.25, -0.2) is 9.97 Å². The van der Waals surface area contributed by atoms with Gasteiger partial charge in [0.05, 0.1) is 12.0 Å². The number of aromatic nitrogens is 2. The molecule has 4 nitrogen and oxygen atoms in total. The standard InChI is InChI=1S/C22H20BrN3O/c1-13-12-27-21-8-7-17(10-19(13)21)20-11-22(26-15(3)25-20)24-14(2)16-5-4-6-18(23)9-16/h4-12,14H,1-3H3,(H,24,25,26)/t14-/m1/s1. The molecule has 27 heavy (non-hydrogen) atoms. The van der Waals surface area contributed by atoms with Crippen LogP contribution >= 0.6 is 15.9 Å². The molecule has 5 heteroatoms. The first-order chi connectivity index (χ1) is 13.0. The van der Waals surface area contributed by atoms with Crippen molar-refractivity contribution >= 4 is 32.7 Å². The molecule has 0 amide bonds. The highest BCUT2D eigenvalue weighted by molar-refractivity contribution is 9.10. The summed E-state index contributed by atoms with van der Waals surface area (Å²) in [6.45, 7) is 6.09. The number of aryl methyl sites for hydroxylation is 2. The molecule has 0 saturated carbocycles. The van der Waals surface area contributed by atoms with Crippen LogP contribution in [-0.4, -0.2) is 9.97 Å². The Labute approximate surface area is 166 Å². The summed E-state index contributed by atoms with van der Waals surface area (Å²) in [5, 5.41) is 4.60. The normalized spacial score (nSPS) is 12.3. The van der Waals surface area contributed by atoms with Crippen molar-refractivity contribution in [1.82, 2.24) is 9.97 Å². The Kier molecular flexibility index (Phi) is 4.70. The summed E-state index contributed by atoms with van der Waals surface area (Å²) in [4.78, 5) is 9.19. The van der Waals surface area contributed by atoms with Crippen LogP contribution in [0.25, 0.3) is 22.2 Å². The quantitative estimate of drug-likeness (QED) is 0.411. The van der Waals surface area contributed by atoms with Gasteiger partial charge in [0.25, 0.3) is 0 Å². The van der Waals surface area contributed by atoms with Gasteiger partial charge in [0.1, 0.15) is 17.2 Å². The van der Waals surface area contributed by atoms with Crippen molar-refractivity contribution < 1.29 is 4.42 Å². The predicted molar refractivity (Wildman–Crippen MR) is 113 cm³/mol. The van der Waals surface area contributed by atoms with E-state index in [0.29, 0.717) is 0 Å². The molecule has 0 bridgehead atoms. The van der Waals surface area contributed by atoms with Crippen molar-refractivity contribution in [2.75, 3.05) is 5.32 Å². The molecular formula is C22H20BrN3O. The van der Waals surface area contributed by atoms with Crippen LogP contribution in [0.5, 0.6) is 0 Å². The molecule has 4 aromatic rings. The molecule has 2 heterocycles. The largest absolute Gasteiger partial charge is 0.464 e. The van der Waals surface area contributed by atoms with E-state index in [-0.39, 0.29) is 6.04 Å². The predicted octanol–water partition coefficient (Wildman–Crippen LogP) is 6.44. The van der Waals surface area contributed by atoms with Crippen LogP contribution in [0.1, 0.15) is 29.9 Å². The van der Waals surface area contributed by atoms with Crippen LogP contribution in [0.15, 0.2) is 63.7 Å². The summed E-state index contributed by atoms with van der Waals surface area (Å²) >= 11 is 3.53. The van der Waals surface area contributed by atoms with Crippen molar-refractivity contribution in [3.63, 3.8) is 0 Å². The van der Waals surface area contributed by atoms with Gasteiger partial charge in [-0.3, -0.25) is 0 Å². The molecule has 0 saturated heterocycles. The minimum absolute atomic E-state index is 0.128. The first-order valence-corrected chi connectivity index (χ1v) is 9.65. The lowest BCUT2D eigenvalue weighted by Crippen LogP contribution is -2.09. The van der Waals surface area contributed by atoms with Crippen LogP contribution in [0.4, 0.5) is 5.82 Å². The van der Waals surface area contributed by atoms with Crippen LogP contribution in [0.2, 0.25) is 0 Å². The summed E-state index contributed by atoms with van der Waals surface area (Å²) in [7, 11) is 0. The van der Waals surface area contributed by atoms with Gasteiger partial charge in [0.2, 0.25) is 0 Å². The average molecular weight is 422 g/mol. The molecule has 0 unspecified atom stereocenters. The van der Waals surface area contributed by atoms with E-state index >= 15 is 0 Å². The zero-order valence-electron chi connectivity index (χ0n) is 15.5. The first-order valence-electron chi connectivity index (χ1n) is 8.85. The molecule has 4 rings (SSSR count). The Bertz CT molecular complexity index is 1120. The van der Waals surface area contributed by atoms with Crippen LogP contribution in [0, 0.1) is 13.8 Å². The second-order valence-corrected chi connectivity index (χ2v) is 7.65. The van der Waals surface area contributed by atoms with Gasteiger partial charge in [-0.05, 0) is 62.2 Å². The fourth-order valence-corrected chi connectivity index (χ4v) is 3.60. The molecule has 0 aliphatic rings. The van der Waals surface area contributed by atoms with Crippen LogP contribution in [-0.2, 0) is 0 Å². The number of furan rings is 1. The molecule has 0 spiro atoms. The lowest BCUT2D eigenvalue weighted by atomic mass is 10.1. The number of fused-ring (bicyclic) bond motifs is 1. The van der Waals surface area contributed by atoms with Crippen molar-refractivity contribution in [3.05, 3.63) is 76.2 Å². The van der Waals surface area contributed by atoms with E-state index in [1.165, 1.54) is 5.56 Å². The SMILES string of the molecule is Cc1nc(N[C@H](C)c2cccc(Br)c2)cc(-c2ccc3occ(C)c3c2)n1. The Morgan fingerprint density at radius 2 is 1.89 bits per heavy atom. The topological polar surface area (TPSA) is 51.0 Å². The third-order valence-corrected chi connectivity index (χ3v) is 5.11. The molecule has 1 N–H and O–H groups in total. The number of hydrogen-bond acceptors (Lipinski definition) is 4. The molecule has 0 radical (unpaired) electrons. The number of halogens is 1. The van der Waals surface area contributed by atoms with Crippen molar-refractivity contribution in [2.45, 2.75) is 26.8 Å². The summed E-state index contributed by atoms with van der Waals surface area (Å²) in [5.41, 5.74) is 5.16. The number of nitrogens with one attached hydrogen (secondary N) is 1. The zero-order chi connectivity index (χ0) is 19.0. The minimum atomic E-state index is 0.128. The van der Waals surface area contributed by atoms with Crippen molar-refractivity contribution in [2.24, 2.45) is 0 Å². The molecular weight excluding hydrogens is 402 g/mol. The summed E-state index contributed by atoms with van der Waals surface area (Å²) in [6, 6.07) is 16.6. The number of anilines is 1. The molecule has 136 valence electrons. The van der Waals surface area contributed by atoms with E-state index in [1.54, 1.807) is 6.26 Å². The third kappa shape index (κ3) is 3.74. The van der Waals surface area contributed by atoms with Gasteiger partial charge in [-0.1, -0.05) is 28.1 Å². The third-order valence-electron chi connectivity index (χ3n) is 4.61. The van der Waals surface area contributed by atoms with E-state index in [2.05, 4.69) is 56.3 Å². The second kappa shape index (κ2) is 7.16. The summed E-state index contributed by atoms with van der Waals surface area (Å²) < 4.78 is 6.62. The van der Waals surface area contributed by atoms with E-state index in [4.69, 9.17) is 4.42 Å². The maximum absolute atomic E-state index is 5.55. The number of rotatable bonds is 4. The summed E-state index contributed by atoms with van der Waals surface area (Å²) in [6.07, 6.45) is 1.78. The van der Waals surface area contributed by atoms with E-state index < -0.39 is 0 Å². The van der Waals surface area contributed by atoms with Gasteiger partial charge in [0, 0.05) is 27.5 Å². The van der Waals surface area contributed by atoms with Crippen LogP contribution in [0.3, 0.4) is 0 Å². The van der Waals surface area contributed by atoms with Gasteiger partial charge in [0.15, 0.2) is 0 Å². The molecule has 0 aliphatic heterocycles.